The molecule has 0 amide bonds. The Bertz CT molecular complexity index is 1070. The smallest absolute Gasteiger partial charge is 0.247 e. The Kier molecular flexibility index (Phi) is 6.43. The highest BCUT2D eigenvalue weighted by Gasteiger charge is 2.38. The van der Waals surface area contributed by atoms with E-state index in [1.54, 1.807) is 6.07 Å². The Balaban J connectivity index is 2.09. The normalized spacial score (nSPS) is 16.5. The first-order chi connectivity index (χ1) is 14.3. The third kappa shape index (κ3) is 4.17. The molecule has 1 aliphatic heterocycles. The van der Waals surface area contributed by atoms with Gasteiger partial charge in [-0.3, -0.25) is 0 Å². The zero-order valence-corrected chi connectivity index (χ0v) is 17.3. The second kappa shape index (κ2) is 8.85. The summed E-state index contributed by atoms with van der Waals surface area (Å²) >= 11 is 0. The van der Waals surface area contributed by atoms with E-state index in [0.717, 1.165) is 10.4 Å². The Morgan fingerprint density at radius 2 is 2.00 bits per heavy atom. The lowest BCUT2D eigenvalue weighted by Gasteiger charge is -2.29. The quantitative estimate of drug-likeness (QED) is 0.620. The maximum atomic E-state index is 14.3. The first-order valence-corrected chi connectivity index (χ1v) is 10.6. The predicted molar refractivity (Wildman–Crippen MR) is 104 cm³/mol. The second-order valence-electron chi connectivity index (χ2n) is 6.77. The number of benzene rings is 2. The molecule has 30 heavy (non-hydrogen) atoms. The molecule has 0 saturated carbocycles. The third-order valence-electron chi connectivity index (χ3n) is 5.03. The topological polar surface area (TPSA) is 82.9 Å². The molecule has 1 saturated heterocycles. The van der Waals surface area contributed by atoms with Gasteiger partial charge in [0, 0.05) is 37.3 Å². The summed E-state index contributed by atoms with van der Waals surface area (Å²) in [6, 6.07) is 7.36. The molecular formula is C20H21F2N3O4S. The van der Waals surface area contributed by atoms with Crippen molar-refractivity contribution in [1.82, 2.24) is 9.21 Å². The molecule has 10 heteroatoms. The lowest BCUT2D eigenvalue weighted by Crippen LogP contribution is -2.41. The number of nitriles is 1. The number of methoxy groups -OCH3 is 2. The van der Waals surface area contributed by atoms with Gasteiger partial charge in [-0.05, 0) is 24.6 Å². The van der Waals surface area contributed by atoms with Crippen molar-refractivity contribution in [2.75, 3.05) is 27.3 Å². The van der Waals surface area contributed by atoms with Crippen molar-refractivity contribution in [2.45, 2.75) is 23.9 Å². The highest BCUT2D eigenvalue weighted by Crippen LogP contribution is 2.34. The van der Waals surface area contributed by atoms with E-state index in [0.29, 0.717) is 18.7 Å². The number of halogens is 2. The van der Waals surface area contributed by atoms with Gasteiger partial charge in [0.05, 0.1) is 14.2 Å². The molecule has 0 N–H and O–H groups in total. The minimum absolute atomic E-state index is 0.0932. The summed E-state index contributed by atoms with van der Waals surface area (Å²) in [7, 11) is -1.48. The summed E-state index contributed by atoms with van der Waals surface area (Å²) in [5.74, 6) is -1.77. The molecule has 1 atom stereocenters. The molecule has 1 aliphatic rings. The van der Waals surface area contributed by atoms with Crippen LogP contribution in [0.1, 0.15) is 12.0 Å². The highest BCUT2D eigenvalue weighted by atomic mass is 32.2. The van der Waals surface area contributed by atoms with Crippen LogP contribution in [0.5, 0.6) is 11.5 Å². The van der Waals surface area contributed by atoms with Gasteiger partial charge in [-0.25, -0.2) is 17.2 Å². The average molecular weight is 437 g/mol. The van der Waals surface area contributed by atoms with Crippen molar-refractivity contribution in [3.63, 3.8) is 0 Å². The number of sulfonamides is 1. The van der Waals surface area contributed by atoms with Crippen molar-refractivity contribution in [1.29, 1.82) is 5.26 Å². The molecule has 0 radical (unpaired) electrons. The minimum atomic E-state index is -4.22. The molecule has 2 aromatic rings. The Morgan fingerprint density at radius 3 is 2.63 bits per heavy atom. The number of likely N-dealkylation sites (tertiary alicyclic amines) is 1. The van der Waals surface area contributed by atoms with Crippen LogP contribution < -0.4 is 9.47 Å². The van der Waals surface area contributed by atoms with Crippen LogP contribution in [0.25, 0.3) is 0 Å². The van der Waals surface area contributed by atoms with Gasteiger partial charge in [0.25, 0.3) is 0 Å². The third-order valence-corrected chi connectivity index (χ3v) is 6.95. The first-order valence-electron chi connectivity index (χ1n) is 9.13. The fourth-order valence-corrected chi connectivity index (χ4v) is 5.23. The van der Waals surface area contributed by atoms with Crippen LogP contribution in [0.3, 0.4) is 0 Å². The molecule has 2 aromatic carbocycles. The number of nitrogens with zero attached hydrogens (tertiary/aromatic N) is 3. The van der Waals surface area contributed by atoms with Crippen LogP contribution in [0, 0.1) is 23.1 Å². The van der Waals surface area contributed by atoms with Crippen LogP contribution in [0.2, 0.25) is 0 Å². The molecule has 160 valence electrons. The van der Waals surface area contributed by atoms with Gasteiger partial charge in [0.2, 0.25) is 10.0 Å². The van der Waals surface area contributed by atoms with E-state index < -0.39 is 34.2 Å². The summed E-state index contributed by atoms with van der Waals surface area (Å²) < 4.78 is 66.8. The van der Waals surface area contributed by atoms with Gasteiger partial charge in [0.1, 0.15) is 16.4 Å². The van der Waals surface area contributed by atoms with Gasteiger partial charge in [-0.1, -0.05) is 12.1 Å². The van der Waals surface area contributed by atoms with Crippen LogP contribution in [0.4, 0.5) is 8.78 Å². The van der Waals surface area contributed by atoms with E-state index in [2.05, 4.69) is 0 Å². The summed E-state index contributed by atoms with van der Waals surface area (Å²) in [5.41, 5.74) is -0.101. The van der Waals surface area contributed by atoms with Crippen molar-refractivity contribution >= 4 is 10.0 Å². The minimum Gasteiger partial charge on any atom is -0.497 e. The molecule has 1 heterocycles. The lowest BCUT2D eigenvalue weighted by molar-refractivity contribution is 0.306. The molecule has 0 aromatic heterocycles. The van der Waals surface area contributed by atoms with Crippen LogP contribution in [-0.2, 0) is 16.6 Å². The lowest BCUT2D eigenvalue weighted by atomic mass is 10.2. The number of ether oxygens (including phenoxy) is 2. The van der Waals surface area contributed by atoms with E-state index in [9.17, 15) is 17.2 Å². The van der Waals surface area contributed by atoms with Crippen molar-refractivity contribution in [2.24, 2.45) is 0 Å². The fourth-order valence-electron chi connectivity index (χ4n) is 3.43. The van der Waals surface area contributed by atoms with Crippen LogP contribution >= 0.6 is 0 Å². The van der Waals surface area contributed by atoms with Gasteiger partial charge in [0.15, 0.2) is 17.8 Å². The maximum Gasteiger partial charge on any atom is 0.247 e. The highest BCUT2D eigenvalue weighted by molar-refractivity contribution is 7.89. The van der Waals surface area contributed by atoms with Crippen molar-refractivity contribution < 1.29 is 26.7 Å². The summed E-state index contributed by atoms with van der Waals surface area (Å²) in [5, 5.41) is 9.17. The summed E-state index contributed by atoms with van der Waals surface area (Å²) in [6.45, 7) is 0.128. The zero-order valence-electron chi connectivity index (χ0n) is 16.5. The van der Waals surface area contributed by atoms with E-state index in [1.165, 1.54) is 43.4 Å². The maximum absolute atomic E-state index is 14.3. The second-order valence-corrected chi connectivity index (χ2v) is 8.63. The zero-order chi connectivity index (χ0) is 21.9. The summed E-state index contributed by atoms with van der Waals surface area (Å²) in [4.78, 5) is 1.27. The van der Waals surface area contributed by atoms with Gasteiger partial charge < -0.3 is 14.4 Å². The van der Waals surface area contributed by atoms with Gasteiger partial charge in [-0.2, -0.15) is 9.57 Å². The molecular weight excluding hydrogens is 416 g/mol. The molecule has 0 spiro atoms. The first kappa shape index (κ1) is 21.8. The van der Waals surface area contributed by atoms with E-state index in [4.69, 9.17) is 14.7 Å². The van der Waals surface area contributed by atoms with E-state index >= 15 is 0 Å². The molecule has 0 bridgehead atoms. The Labute approximate surface area is 174 Å². The van der Waals surface area contributed by atoms with Gasteiger partial charge >= 0.3 is 0 Å². The molecule has 0 aliphatic carbocycles. The SMILES string of the molecule is COc1ccc(OC)c(S(=O)(=O)N(Cc2cccc(F)c2F)[C@@H]2CCN(C#N)C2)c1. The standard InChI is InChI=1S/C20H21F2N3O4S/c1-28-16-6-7-18(29-2)19(10-16)30(26,27)25(15-8-9-24(12-15)13-23)11-14-4-3-5-17(21)20(14)22/h3-7,10,15H,8-9,11-12H2,1-2H3/t15-/m1/s1. The fraction of sp³-hybridized carbons (Fsp3) is 0.350. The molecule has 3 rings (SSSR count). The largest absolute Gasteiger partial charge is 0.497 e. The van der Waals surface area contributed by atoms with E-state index in [-0.39, 0.29) is 22.8 Å². The predicted octanol–water partition coefficient (Wildman–Crippen LogP) is 2.73. The number of hydrogen-bond acceptors (Lipinski definition) is 6. The van der Waals surface area contributed by atoms with Crippen LogP contribution in [-0.4, -0.2) is 51.0 Å². The van der Waals surface area contributed by atoms with Crippen molar-refractivity contribution in [3.05, 3.63) is 53.6 Å². The van der Waals surface area contributed by atoms with Crippen LogP contribution in [0.15, 0.2) is 41.3 Å². The number of hydrogen-bond donors (Lipinski definition) is 0. The Hall–Kier alpha value is -2.90. The Morgan fingerprint density at radius 1 is 1.23 bits per heavy atom. The average Bonchev–Trinajstić information content (AvgIpc) is 3.22. The monoisotopic (exact) mass is 437 g/mol. The summed E-state index contributed by atoms with van der Waals surface area (Å²) in [6.07, 6.45) is 2.37. The molecule has 1 fully saturated rings. The molecule has 7 nitrogen and oxygen atoms in total. The molecule has 0 unspecified atom stereocenters. The van der Waals surface area contributed by atoms with Gasteiger partial charge in [-0.15, -0.1) is 0 Å². The van der Waals surface area contributed by atoms with Crippen molar-refractivity contribution in [3.8, 4) is 17.7 Å². The number of rotatable bonds is 7. The van der Waals surface area contributed by atoms with E-state index in [1.807, 2.05) is 6.19 Å².